The highest BCUT2D eigenvalue weighted by molar-refractivity contribution is 6.40. The molecule has 31 heavy (non-hydrogen) atoms. The van der Waals surface area contributed by atoms with Crippen molar-refractivity contribution in [2.75, 3.05) is 13.2 Å². The van der Waals surface area contributed by atoms with Crippen LogP contribution < -0.4 is 11.1 Å². The van der Waals surface area contributed by atoms with E-state index in [1.165, 1.54) is 9.58 Å². The van der Waals surface area contributed by atoms with Gasteiger partial charge in [0.05, 0.1) is 34.6 Å². The van der Waals surface area contributed by atoms with Gasteiger partial charge < -0.3 is 16.0 Å². The van der Waals surface area contributed by atoms with E-state index in [1.807, 2.05) is 0 Å². The van der Waals surface area contributed by atoms with Gasteiger partial charge in [-0.3, -0.25) is 9.48 Å². The summed E-state index contributed by atoms with van der Waals surface area (Å²) >= 11 is 12.1. The van der Waals surface area contributed by atoms with Crippen LogP contribution >= 0.6 is 23.2 Å². The fraction of sp³-hybridized carbons (Fsp3) is 0.526. The zero-order valence-corrected chi connectivity index (χ0v) is 17.8. The molecular formula is C19H20Cl2F3N5O2. The van der Waals surface area contributed by atoms with E-state index in [9.17, 15) is 22.8 Å². The number of fused-ring (bicyclic) bond motifs is 1. The summed E-state index contributed by atoms with van der Waals surface area (Å²) in [7, 11) is 0. The van der Waals surface area contributed by atoms with Crippen molar-refractivity contribution in [2.45, 2.75) is 49.7 Å². The summed E-state index contributed by atoms with van der Waals surface area (Å²) in [6, 6.07) is -2.08. The van der Waals surface area contributed by atoms with Crippen molar-refractivity contribution in [2.24, 2.45) is 5.73 Å². The van der Waals surface area contributed by atoms with Crippen molar-refractivity contribution in [1.29, 1.82) is 0 Å². The Kier molecular flexibility index (Phi) is 5.72. The van der Waals surface area contributed by atoms with Crippen LogP contribution in [0.4, 0.5) is 18.0 Å². The van der Waals surface area contributed by atoms with Crippen molar-refractivity contribution < 1.29 is 22.8 Å². The van der Waals surface area contributed by atoms with Gasteiger partial charge in [-0.2, -0.15) is 5.10 Å². The van der Waals surface area contributed by atoms with Crippen LogP contribution in [-0.4, -0.2) is 51.8 Å². The largest absolute Gasteiger partial charge is 0.365 e. The summed E-state index contributed by atoms with van der Waals surface area (Å²) in [6.07, 6.45) is 2.77. The first kappa shape index (κ1) is 22.0. The fourth-order valence-electron chi connectivity index (χ4n) is 4.18. The highest BCUT2D eigenvalue weighted by Crippen LogP contribution is 2.39. The summed E-state index contributed by atoms with van der Waals surface area (Å²) in [5.41, 5.74) is 6.35. The predicted octanol–water partition coefficient (Wildman–Crippen LogP) is 3.55. The monoisotopic (exact) mass is 477 g/mol. The van der Waals surface area contributed by atoms with Gasteiger partial charge in [-0.05, 0) is 12.5 Å². The Hall–Kier alpha value is -2.20. The van der Waals surface area contributed by atoms with Crippen molar-refractivity contribution in [1.82, 2.24) is 20.0 Å². The Morgan fingerprint density at radius 3 is 2.61 bits per heavy atom. The molecule has 3 amide bonds. The van der Waals surface area contributed by atoms with Crippen LogP contribution in [0.1, 0.15) is 53.0 Å². The lowest BCUT2D eigenvalue weighted by Crippen LogP contribution is -2.55. The molecule has 2 unspecified atom stereocenters. The van der Waals surface area contributed by atoms with Crippen LogP contribution in [0, 0.1) is 0 Å². The molecule has 4 rings (SSSR count). The molecule has 1 aliphatic heterocycles. The first-order valence-corrected chi connectivity index (χ1v) is 10.5. The standard InChI is InChI=1S/C19H20Cl2F3N5O2/c20-12-2-1-9(3-13(12)21)16-15(17(25)30)14-8-28(7-11(6-22)29(14)27-16)18(31)26-10-4-19(23,24)5-10/h1-2,9-11H,3-8H2,(H2,25,30)(H,26,31). The Labute approximate surface area is 186 Å². The lowest BCUT2D eigenvalue weighted by atomic mass is 9.88. The van der Waals surface area contributed by atoms with Gasteiger partial charge in [0, 0.05) is 36.4 Å². The predicted molar refractivity (Wildman–Crippen MR) is 108 cm³/mol. The topological polar surface area (TPSA) is 93.2 Å². The highest BCUT2D eigenvalue weighted by atomic mass is 35.5. The second-order valence-corrected chi connectivity index (χ2v) is 8.90. The average molecular weight is 478 g/mol. The van der Waals surface area contributed by atoms with Crippen LogP contribution in [0.25, 0.3) is 0 Å². The van der Waals surface area contributed by atoms with Crippen LogP contribution in [0.2, 0.25) is 0 Å². The number of amides is 3. The molecule has 168 valence electrons. The maximum absolute atomic E-state index is 13.8. The smallest absolute Gasteiger partial charge is 0.318 e. The van der Waals surface area contributed by atoms with Crippen molar-refractivity contribution in [3.05, 3.63) is 39.2 Å². The van der Waals surface area contributed by atoms with Crippen LogP contribution in [0.3, 0.4) is 0 Å². The van der Waals surface area contributed by atoms with Crippen LogP contribution in [-0.2, 0) is 6.54 Å². The molecule has 0 saturated heterocycles. The zero-order chi connectivity index (χ0) is 22.5. The average Bonchev–Trinajstić information content (AvgIpc) is 3.07. The molecule has 12 heteroatoms. The van der Waals surface area contributed by atoms with Gasteiger partial charge in [-0.15, -0.1) is 0 Å². The number of alkyl halides is 3. The van der Waals surface area contributed by atoms with Crippen LogP contribution in [0.15, 0.2) is 22.2 Å². The number of carbonyl (C=O) groups excluding carboxylic acids is 2. The molecule has 1 aromatic heterocycles. The third-order valence-corrected chi connectivity index (χ3v) is 6.58. The maximum atomic E-state index is 13.8. The van der Waals surface area contributed by atoms with Crippen molar-refractivity contribution >= 4 is 35.1 Å². The van der Waals surface area contributed by atoms with Crippen molar-refractivity contribution in [3.8, 4) is 0 Å². The molecule has 3 N–H and O–H groups in total. The normalized spacial score (nSPS) is 25.3. The van der Waals surface area contributed by atoms with E-state index in [1.54, 1.807) is 12.2 Å². The Morgan fingerprint density at radius 2 is 2.03 bits per heavy atom. The van der Waals surface area contributed by atoms with Gasteiger partial charge in [0.15, 0.2) is 0 Å². The number of urea groups is 1. The number of nitrogens with one attached hydrogen (secondary N) is 1. The van der Waals surface area contributed by atoms with Gasteiger partial charge in [-0.25, -0.2) is 18.0 Å². The minimum Gasteiger partial charge on any atom is -0.365 e. The number of rotatable bonds is 4. The molecule has 0 aromatic carbocycles. The Morgan fingerprint density at radius 1 is 1.32 bits per heavy atom. The molecule has 0 radical (unpaired) electrons. The van der Waals surface area contributed by atoms with Crippen molar-refractivity contribution in [3.63, 3.8) is 0 Å². The molecule has 0 spiro atoms. The number of hydrogen-bond donors (Lipinski definition) is 2. The molecule has 1 fully saturated rings. The van der Waals surface area contributed by atoms with Gasteiger partial charge in [0.1, 0.15) is 6.67 Å². The lowest BCUT2D eigenvalue weighted by molar-refractivity contribution is -0.0904. The van der Waals surface area contributed by atoms with E-state index < -0.39 is 55.4 Å². The molecular weight excluding hydrogens is 458 g/mol. The van der Waals surface area contributed by atoms with Crippen LogP contribution in [0.5, 0.6) is 0 Å². The Bertz CT molecular complexity index is 985. The molecule has 3 aliphatic rings. The lowest BCUT2D eigenvalue weighted by Gasteiger charge is -2.38. The van der Waals surface area contributed by atoms with Gasteiger partial charge in [0.25, 0.3) is 11.8 Å². The summed E-state index contributed by atoms with van der Waals surface area (Å²) in [4.78, 5) is 26.2. The first-order chi connectivity index (χ1) is 14.6. The summed E-state index contributed by atoms with van der Waals surface area (Å²) in [6.45, 7) is -0.924. The number of carbonyl (C=O) groups is 2. The number of allylic oxidation sites excluding steroid dienone is 4. The SMILES string of the molecule is NC(=O)c1c(C2C=CC(Cl)=C(Cl)C2)nn2c1CN(C(=O)NC1CC(F)(F)C1)CC2CF. The second-order valence-electron chi connectivity index (χ2n) is 8.04. The van der Waals surface area contributed by atoms with Gasteiger partial charge >= 0.3 is 6.03 Å². The number of halogens is 5. The minimum absolute atomic E-state index is 0.0231. The van der Waals surface area contributed by atoms with E-state index in [2.05, 4.69) is 10.4 Å². The van der Waals surface area contributed by atoms with E-state index in [0.29, 0.717) is 27.9 Å². The number of hydrogen-bond acceptors (Lipinski definition) is 3. The zero-order valence-electron chi connectivity index (χ0n) is 16.3. The number of nitrogens with zero attached hydrogens (tertiary/aromatic N) is 3. The fourth-order valence-corrected chi connectivity index (χ4v) is 4.56. The molecule has 7 nitrogen and oxygen atoms in total. The molecule has 1 saturated carbocycles. The van der Waals surface area contributed by atoms with Gasteiger partial charge in [-0.1, -0.05) is 29.3 Å². The first-order valence-electron chi connectivity index (χ1n) is 9.72. The molecule has 0 bridgehead atoms. The summed E-state index contributed by atoms with van der Waals surface area (Å²) in [5.74, 6) is -3.93. The Balaban J connectivity index is 1.62. The van der Waals surface area contributed by atoms with E-state index in [0.717, 1.165) is 0 Å². The second kappa shape index (κ2) is 8.05. The third-order valence-electron chi connectivity index (χ3n) is 5.77. The van der Waals surface area contributed by atoms with E-state index in [-0.39, 0.29) is 18.7 Å². The third kappa shape index (κ3) is 4.15. The van der Waals surface area contributed by atoms with Gasteiger partial charge in [0.2, 0.25) is 0 Å². The summed E-state index contributed by atoms with van der Waals surface area (Å²) < 4.78 is 41.4. The minimum atomic E-state index is -2.78. The number of aromatic nitrogens is 2. The quantitative estimate of drug-likeness (QED) is 0.694. The maximum Gasteiger partial charge on any atom is 0.318 e. The van der Waals surface area contributed by atoms with E-state index >= 15 is 0 Å². The van der Waals surface area contributed by atoms with E-state index in [4.69, 9.17) is 28.9 Å². The molecule has 2 aliphatic carbocycles. The molecule has 2 atom stereocenters. The highest BCUT2D eigenvalue weighted by Gasteiger charge is 2.46. The number of nitrogens with two attached hydrogens (primary N) is 1. The summed E-state index contributed by atoms with van der Waals surface area (Å²) in [5, 5.41) is 7.77. The molecule has 1 aromatic rings. The number of primary amides is 1. The molecule has 2 heterocycles.